The fourth-order valence-electron chi connectivity index (χ4n) is 2.97. The van der Waals surface area contributed by atoms with Gasteiger partial charge in [-0.3, -0.25) is 4.79 Å². The summed E-state index contributed by atoms with van der Waals surface area (Å²) < 4.78 is 0. The van der Waals surface area contributed by atoms with Crippen molar-refractivity contribution in [1.29, 1.82) is 0 Å². The number of nitrogens with zero attached hydrogens (tertiary/aromatic N) is 1. The SMILES string of the molecule is CCCCN(C(=O)C1(CC)CCCN1)c1ccccc1. The van der Waals surface area contributed by atoms with Gasteiger partial charge in [-0.2, -0.15) is 0 Å². The highest BCUT2D eigenvalue weighted by atomic mass is 16.2. The lowest BCUT2D eigenvalue weighted by Crippen LogP contribution is -2.55. The molecule has 1 aliphatic heterocycles. The van der Waals surface area contributed by atoms with Gasteiger partial charge in [0.05, 0.1) is 5.54 Å². The fourth-order valence-corrected chi connectivity index (χ4v) is 2.97. The average Bonchev–Trinajstić information content (AvgIpc) is 2.98. The summed E-state index contributed by atoms with van der Waals surface area (Å²) in [4.78, 5) is 15.0. The van der Waals surface area contributed by atoms with E-state index in [0.717, 1.165) is 50.9 Å². The number of unbranched alkanes of at least 4 members (excludes halogenated alkanes) is 1. The zero-order valence-electron chi connectivity index (χ0n) is 12.7. The average molecular weight is 274 g/mol. The van der Waals surface area contributed by atoms with Gasteiger partial charge < -0.3 is 10.2 Å². The number of para-hydroxylation sites is 1. The van der Waals surface area contributed by atoms with Crippen molar-refractivity contribution in [2.45, 2.75) is 51.5 Å². The third-order valence-corrected chi connectivity index (χ3v) is 4.30. The van der Waals surface area contributed by atoms with Gasteiger partial charge in [-0.25, -0.2) is 0 Å². The Kier molecular flexibility index (Phi) is 5.18. The maximum Gasteiger partial charge on any atom is 0.247 e. The van der Waals surface area contributed by atoms with Gasteiger partial charge in [-0.05, 0) is 44.4 Å². The second kappa shape index (κ2) is 6.89. The summed E-state index contributed by atoms with van der Waals surface area (Å²) in [6, 6.07) is 10.1. The van der Waals surface area contributed by atoms with Crippen molar-refractivity contribution in [1.82, 2.24) is 5.32 Å². The maximum atomic E-state index is 13.1. The van der Waals surface area contributed by atoms with E-state index < -0.39 is 0 Å². The zero-order valence-corrected chi connectivity index (χ0v) is 12.7. The Morgan fingerprint density at radius 1 is 1.30 bits per heavy atom. The van der Waals surface area contributed by atoms with Crippen molar-refractivity contribution in [2.24, 2.45) is 0 Å². The third-order valence-electron chi connectivity index (χ3n) is 4.30. The molecule has 1 unspecified atom stereocenters. The molecule has 1 amide bonds. The van der Waals surface area contributed by atoms with Crippen LogP contribution in [0.25, 0.3) is 0 Å². The number of rotatable bonds is 6. The molecule has 1 aromatic carbocycles. The van der Waals surface area contributed by atoms with Crippen LogP contribution in [0.5, 0.6) is 0 Å². The number of hydrogen-bond acceptors (Lipinski definition) is 2. The van der Waals surface area contributed by atoms with E-state index in [-0.39, 0.29) is 11.4 Å². The molecule has 1 atom stereocenters. The highest BCUT2D eigenvalue weighted by Crippen LogP contribution is 2.28. The summed E-state index contributed by atoms with van der Waals surface area (Å²) in [6.07, 6.45) is 5.05. The molecule has 2 rings (SSSR count). The Balaban J connectivity index is 2.24. The van der Waals surface area contributed by atoms with Crippen molar-refractivity contribution < 1.29 is 4.79 Å². The molecule has 1 N–H and O–H groups in total. The van der Waals surface area contributed by atoms with Gasteiger partial charge in [0, 0.05) is 12.2 Å². The van der Waals surface area contributed by atoms with Crippen LogP contribution in [-0.4, -0.2) is 24.5 Å². The van der Waals surface area contributed by atoms with E-state index in [1.165, 1.54) is 0 Å². The van der Waals surface area contributed by atoms with Crippen molar-refractivity contribution in [3.63, 3.8) is 0 Å². The Bertz CT molecular complexity index is 424. The first-order chi connectivity index (χ1) is 9.73. The predicted octanol–water partition coefficient (Wildman–Crippen LogP) is 3.35. The molecule has 0 aliphatic carbocycles. The van der Waals surface area contributed by atoms with E-state index in [4.69, 9.17) is 0 Å². The zero-order chi connectivity index (χ0) is 14.4. The lowest BCUT2D eigenvalue weighted by molar-refractivity contribution is -0.124. The minimum Gasteiger partial charge on any atom is -0.311 e. The molecule has 3 heteroatoms. The third kappa shape index (κ3) is 3.04. The molecule has 0 radical (unpaired) electrons. The summed E-state index contributed by atoms with van der Waals surface area (Å²) in [7, 11) is 0. The number of nitrogens with one attached hydrogen (secondary N) is 1. The first-order valence-electron chi connectivity index (χ1n) is 7.85. The summed E-state index contributed by atoms with van der Waals surface area (Å²) in [5.74, 6) is 0.247. The van der Waals surface area contributed by atoms with Gasteiger partial charge in [0.15, 0.2) is 0 Å². The number of benzene rings is 1. The van der Waals surface area contributed by atoms with E-state index in [0.29, 0.717) is 0 Å². The standard InChI is InChI=1S/C17H26N2O/c1-3-5-14-19(15-10-7-6-8-11-15)16(20)17(4-2)12-9-13-18-17/h6-8,10-11,18H,3-5,9,12-14H2,1-2H3. The Morgan fingerprint density at radius 3 is 2.60 bits per heavy atom. The van der Waals surface area contributed by atoms with Gasteiger partial charge in [0.25, 0.3) is 0 Å². The Morgan fingerprint density at radius 2 is 2.05 bits per heavy atom. The quantitative estimate of drug-likeness (QED) is 0.862. The molecule has 110 valence electrons. The first kappa shape index (κ1) is 15.0. The molecule has 0 saturated carbocycles. The summed E-state index contributed by atoms with van der Waals surface area (Å²) in [6.45, 7) is 6.04. The fraction of sp³-hybridized carbons (Fsp3) is 0.588. The van der Waals surface area contributed by atoms with Gasteiger partial charge in [0.2, 0.25) is 5.91 Å². The molecule has 3 nitrogen and oxygen atoms in total. The lowest BCUT2D eigenvalue weighted by atomic mass is 9.92. The predicted molar refractivity (Wildman–Crippen MR) is 84.0 cm³/mol. The number of carbonyl (C=O) groups excluding carboxylic acids is 1. The second-order valence-corrected chi connectivity index (χ2v) is 5.61. The Labute approximate surface area is 122 Å². The number of hydrogen-bond donors (Lipinski definition) is 1. The highest BCUT2D eigenvalue weighted by Gasteiger charge is 2.41. The van der Waals surface area contributed by atoms with Crippen LogP contribution in [0.2, 0.25) is 0 Å². The second-order valence-electron chi connectivity index (χ2n) is 5.61. The largest absolute Gasteiger partial charge is 0.311 e. The molecular formula is C17H26N2O. The number of carbonyl (C=O) groups is 1. The molecule has 1 aliphatic rings. The van der Waals surface area contributed by atoms with Gasteiger partial charge in [0.1, 0.15) is 0 Å². The minimum absolute atomic E-state index is 0.247. The van der Waals surface area contributed by atoms with Crippen LogP contribution >= 0.6 is 0 Å². The molecule has 0 aromatic heterocycles. The smallest absolute Gasteiger partial charge is 0.247 e. The van der Waals surface area contributed by atoms with E-state index in [1.807, 2.05) is 35.2 Å². The van der Waals surface area contributed by atoms with Crippen LogP contribution in [0.1, 0.15) is 46.0 Å². The summed E-state index contributed by atoms with van der Waals surface area (Å²) >= 11 is 0. The number of anilines is 1. The maximum absolute atomic E-state index is 13.1. The Hall–Kier alpha value is -1.35. The van der Waals surface area contributed by atoms with Crippen molar-refractivity contribution in [3.8, 4) is 0 Å². The van der Waals surface area contributed by atoms with Crippen LogP contribution in [0.15, 0.2) is 30.3 Å². The van der Waals surface area contributed by atoms with Gasteiger partial charge in [-0.1, -0.05) is 38.5 Å². The van der Waals surface area contributed by atoms with Crippen molar-refractivity contribution in [2.75, 3.05) is 18.0 Å². The van der Waals surface area contributed by atoms with E-state index in [1.54, 1.807) is 0 Å². The topological polar surface area (TPSA) is 32.3 Å². The van der Waals surface area contributed by atoms with Crippen molar-refractivity contribution >= 4 is 11.6 Å². The van der Waals surface area contributed by atoms with E-state index in [2.05, 4.69) is 19.2 Å². The normalized spacial score (nSPS) is 21.9. The van der Waals surface area contributed by atoms with Crippen molar-refractivity contribution in [3.05, 3.63) is 30.3 Å². The summed E-state index contributed by atoms with van der Waals surface area (Å²) in [5.41, 5.74) is 0.677. The number of amides is 1. The molecule has 0 bridgehead atoms. The van der Waals surface area contributed by atoms with E-state index >= 15 is 0 Å². The van der Waals surface area contributed by atoms with Crippen LogP contribution in [0.4, 0.5) is 5.69 Å². The van der Waals surface area contributed by atoms with Gasteiger partial charge in [-0.15, -0.1) is 0 Å². The lowest BCUT2D eigenvalue weighted by Gasteiger charge is -2.34. The van der Waals surface area contributed by atoms with Crippen LogP contribution in [0, 0.1) is 0 Å². The minimum atomic E-state index is -0.344. The van der Waals surface area contributed by atoms with Gasteiger partial charge >= 0.3 is 0 Å². The monoisotopic (exact) mass is 274 g/mol. The van der Waals surface area contributed by atoms with Crippen LogP contribution in [0.3, 0.4) is 0 Å². The highest BCUT2D eigenvalue weighted by molar-refractivity contribution is 6.00. The first-order valence-corrected chi connectivity index (χ1v) is 7.85. The van der Waals surface area contributed by atoms with Crippen LogP contribution < -0.4 is 10.2 Å². The van der Waals surface area contributed by atoms with Crippen LogP contribution in [-0.2, 0) is 4.79 Å². The molecule has 1 fully saturated rings. The molecular weight excluding hydrogens is 248 g/mol. The molecule has 0 spiro atoms. The summed E-state index contributed by atoms with van der Waals surface area (Å²) in [5, 5.41) is 3.46. The molecule has 1 heterocycles. The molecule has 1 saturated heterocycles. The van der Waals surface area contributed by atoms with E-state index in [9.17, 15) is 4.79 Å². The molecule has 1 aromatic rings. The molecule has 20 heavy (non-hydrogen) atoms.